The molecule has 1 aromatic heterocycles. The van der Waals surface area contributed by atoms with Gasteiger partial charge in [0.1, 0.15) is 5.82 Å². The van der Waals surface area contributed by atoms with E-state index in [4.69, 9.17) is 0 Å². The maximum atomic E-state index is 4.65. The average Bonchev–Trinajstić information content (AvgIpc) is 2.97. The van der Waals surface area contributed by atoms with Crippen molar-refractivity contribution in [2.45, 2.75) is 59.0 Å². The molecule has 1 fully saturated rings. The van der Waals surface area contributed by atoms with E-state index in [1.165, 1.54) is 25.7 Å². The quantitative estimate of drug-likeness (QED) is 0.831. The Hall–Kier alpha value is -1.16. The van der Waals surface area contributed by atoms with E-state index in [9.17, 15) is 0 Å². The molecule has 0 saturated heterocycles. The summed E-state index contributed by atoms with van der Waals surface area (Å²) >= 11 is 0. The van der Waals surface area contributed by atoms with Crippen molar-refractivity contribution in [3.8, 4) is 0 Å². The van der Waals surface area contributed by atoms with Gasteiger partial charge in [-0.25, -0.2) is 4.98 Å². The molecule has 1 N–H and O–H groups in total. The van der Waals surface area contributed by atoms with E-state index in [1.807, 2.05) is 12.4 Å². The van der Waals surface area contributed by atoms with E-state index in [0.29, 0.717) is 12.0 Å². The fourth-order valence-corrected chi connectivity index (χ4v) is 2.88. The summed E-state index contributed by atoms with van der Waals surface area (Å²) in [6.07, 6.45) is 9.17. The fourth-order valence-electron chi connectivity index (χ4n) is 2.88. The standard InChI is InChI=1S/C16H28N4/c1-4-17-9-14-10-19-16(11-18-14)20(12-13(2)3)15-7-5-6-8-15/h10-11,13,15,17H,4-9,12H2,1-3H3. The Morgan fingerprint density at radius 1 is 1.25 bits per heavy atom. The summed E-state index contributed by atoms with van der Waals surface area (Å²) in [5, 5.41) is 3.28. The molecule has 0 spiro atoms. The first-order chi connectivity index (χ1) is 9.70. The predicted molar refractivity (Wildman–Crippen MR) is 83.9 cm³/mol. The average molecular weight is 276 g/mol. The number of aromatic nitrogens is 2. The first-order valence-corrected chi connectivity index (χ1v) is 7.99. The highest BCUT2D eigenvalue weighted by atomic mass is 15.2. The zero-order valence-corrected chi connectivity index (χ0v) is 13.1. The van der Waals surface area contributed by atoms with Gasteiger partial charge in [-0.15, -0.1) is 0 Å². The van der Waals surface area contributed by atoms with Gasteiger partial charge in [0.15, 0.2) is 0 Å². The topological polar surface area (TPSA) is 41.1 Å². The first-order valence-electron chi connectivity index (χ1n) is 7.99. The number of nitrogens with zero attached hydrogens (tertiary/aromatic N) is 3. The van der Waals surface area contributed by atoms with Gasteiger partial charge in [-0.3, -0.25) is 4.98 Å². The molecule has 4 nitrogen and oxygen atoms in total. The van der Waals surface area contributed by atoms with Gasteiger partial charge in [-0.2, -0.15) is 0 Å². The van der Waals surface area contributed by atoms with Crippen molar-refractivity contribution >= 4 is 5.82 Å². The summed E-state index contributed by atoms with van der Waals surface area (Å²) in [5.41, 5.74) is 1.02. The van der Waals surface area contributed by atoms with E-state index in [1.54, 1.807) is 0 Å². The molecule has 0 atom stereocenters. The van der Waals surface area contributed by atoms with Crippen molar-refractivity contribution in [3.63, 3.8) is 0 Å². The molecule has 2 rings (SSSR count). The highest BCUT2D eigenvalue weighted by Gasteiger charge is 2.24. The van der Waals surface area contributed by atoms with E-state index >= 15 is 0 Å². The van der Waals surface area contributed by atoms with Crippen LogP contribution in [-0.4, -0.2) is 29.1 Å². The fraction of sp³-hybridized carbons (Fsp3) is 0.750. The number of rotatable bonds is 7. The highest BCUT2D eigenvalue weighted by Crippen LogP contribution is 2.27. The molecule has 112 valence electrons. The van der Waals surface area contributed by atoms with E-state index in [-0.39, 0.29) is 0 Å². The van der Waals surface area contributed by atoms with Crippen LogP contribution in [0.2, 0.25) is 0 Å². The molecule has 1 aliphatic carbocycles. The largest absolute Gasteiger partial charge is 0.352 e. The Morgan fingerprint density at radius 3 is 2.55 bits per heavy atom. The Morgan fingerprint density at radius 2 is 2.00 bits per heavy atom. The van der Waals surface area contributed by atoms with Gasteiger partial charge in [0.05, 0.1) is 18.1 Å². The lowest BCUT2D eigenvalue weighted by Gasteiger charge is -2.31. The summed E-state index contributed by atoms with van der Waals surface area (Å²) in [7, 11) is 0. The van der Waals surface area contributed by atoms with Crippen molar-refractivity contribution in [2.75, 3.05) is 18.0 Å². The van der Waals surface area contributed by atoms with Crippen molar-refractivity contribution < 1.29 is 0 Å². The highest BCUT2D eigenvalue weighted by molar-refractivity contribution is 5.37. The smallest absolute Gasteiger partial charge is 0.147 e. The molecule has 1 saturated carbocycles. The van der Waals surface area contributed by atoms with Gasteiger partial charge in [0.2, 0.25) is 0 Å². The van der Waals surface area contributed by atoms with Crippen LogP contribution >= 0.6 is 0 Å². The van der Waals surface area contributed by atoms with Crippen LogP contribution < -0.4 is 10.2 Å². The molecule has 4 heteroatoms. The van der Waals surface area contributed by atoms with E-state index in [0.717, 1.165) is 31.1 Å². The van der Waals surface area contributed by atoms with Crippen molar-refractivity contribution in [3.05, 3.63) is 18.1 Å². The minimum atomic E-state index is 0.652. The van der Waals surface area contributed by atoms with Gasteiger partial charge in [0.25, 0.3) is 0 Å². The zero-order valence-electron chi connectivity index (χ0n) is 13.1. The summed E-state index contributed by atoms with van der Waals surface area (Å²) in [5.74, 6) is 1.70. The number of hydrogen-bond donors (Lipinski definition) is 1. The molecule has 0 unspecified atom stereocenters. The van der Waals surface area contributed by atoms with Crippen molar-refractivity contribution in [2.24, 2.45) is 5.92 Å². The summed E-state index contributed by atoms with van der Waals surface area (Å²) in [6.45, 7) is 9.49. The molecule has 1 heterocycles. The number of anilines is 1. The van der Waals surface area contributed by atoms with Crippen LogP contribution in [0.15, 0.2) is 12.4 Å². The van der Waals surface area contributed by atoms with E-state index in [2.05, 4.69) is 41.0 Å². The SMILES string of the molecule is CCNCc1cnc(N(CC(C)C)C2CCCC2)cn1. The molecule has 0 aliphatic heterocycles. The van der Waals surface area contributed by atoms with Crippen LogP contribution in [0.1, 0.15) is 52.1 Å². The second-order valence-electron chi connectivity index (χ2n) is 6.13. The lowest BCUT2D eigenvalue weighted by Crippen LogP contribution is -2.37. The molecule has 1 aromatic rings. The summed E-state index contributed by atoms with van der Waals surface area (Å²) in [6, 6.07) is 0.659. The third-order valence-corrected chi connectivity index (χ3v) is 3.87. The van der Waals surface area contributed by atoms with Crippen molar-refractivity contribution in [1.29, 1.82) is 0 Å². The van der Waals surface area contributed by atoms with Crippen LogP contribution in [0.3, 0.4) is 0 Å². The molecule has 0 bridgehead atoms. The molecule has 1 aliphatic rings. The second kappa shape index (κ2) is 7.58. The van der Waals surface area contributed by atoms with Crippen LogP contribution in [0.5, 0.6) is 0 Å². The Kier molecular flexibility index (Phi) is 5.77. The molecule has 0 aromatic carbocycles. The van der Waals surface area contributed by atoms with Crippen LogP contribution in [0.4, 0.5) is 5.82 Å². The van der Waals surface area contributed by atoms with Crippen LogP contribution in [0.25, 0.3) is 0 Å². The number of nitrogens with one attached hydrogen (secondary N) is 1. The van der Waals surface area contributed by atoms with Crippen LogP contribution in [-0.2, 0) is 6.54 Å². The van der Waals surface area contributed by atoms with E-state index < -0.39 is 0 Å². The van der Waals surface area contributed by atoms with Crippen molar-refractivity contribution in [1.82, 2.24) is 15.3 Å². The minimum absolute atomic E-state index is 0.652. The zero-order chi connectivity index (χ0) is 14.4. The number of hydrogen-bond acceptors (Lipinski definition) is 4. The van der Waals surface area contributed by atoms with Crippen LogP contribution in [0, 0.1) is 5.92 Å². The Balaban J connectivity index is 2.07. The monoisotopic (exact) mass is 276 g/mol. The minimum Gasteiger partial charge on any atom is -0.352 e. The maximum Gasteiger partial charge on any atom is 0.147 e. The van der Waals surface area contributed by atoms with Gasteiger partial charge in [-0.05, 0) is 25.3 Å². The first kappa shape index (κ1) is 15.2. The second-order valence-corrected chi connectivity index (χ2v) is 6.13. The van der Waals surface area contributed by atoms with Gasteiger partial charge in [0, 0.05) is 19.1 Å². The normalized spacial score (nSPS) is 16.0. The van der Waals surface area contributed by atoms with Gasteiger partial charge >= 0.3 is 0 Å². The maximum absolute atomic E-state index is 4.65. The molecule has 20 heavy (non-hydrogen) atoms. The predicted octanol–water partition coefficient (Wildman–Crippen LogP) is 2.99. The molecular weight excluding hydrogens is 248 g/mol. The molecule has 0 amide bonds. The third-order valence-electron chi connectivity index (χ3n) is 3.87. The molecule has 0 radical (unpaired) electrons. The summed E-state index contributed by atoms with van der Waals surface area (Å²) < 4.78 is 0. The lowest BCUT2D eigenvalue weighted by atomic mass is 10.1. The third kappa shape index (κ3) is 4.17. The lowest BCUT2D eigenvalue weighted by molar-refractivity contribution is 0.530. The Labute approximate surface area is 123 Å². The Bertz CT molecular complexity index is 382. The summed E-state index contributed by atoms with van der Waals surface area (Å²) in [4.78, 5) is 11.7. The molecular formula is C16H28N4. The van der Waals surface area contributed by atoms with Gasteiger partial charge in [-0.1, -0.05) is 33.6 Å². The van der Waals surface area contributed by atoms with Gasteiger partial charge < -0.3 is 10.2 Å².